The molecule has 0 unspecified atom stereocenters. The molecule has 2 aromatic carbocycles. The number of rotatable bonds is 3. The number of ether oxygens (including phenoxy) is 1. The molecule has 4 nitrogen and oxygen atoms in total. The van der Waals surface area contributed by atoms with E-state index in [-0.39, 0.29) is 40.9 Å². The van der Waals surface area contributed by atoms with Gasteiger partial charge < -0.3 is 4.74 Å². The lowest BCUT2D eigenvalue weighted by Crippen LogP contribution is -2.40. The van der Waals surface area contributed by atoms with Gasteiger partial charge in [-0.05, 0) is 77.5 Å². The fourth-order valence-electron chi connectivity index (χ4n) is 6.03. The summed E-state index contributed by atoms with van der Waals surface area (Å²) in [6.07, 6.45) is 5.59. The summed E-state index contributed by atoms with van der Waals surface area (Å²) >= 11 is 0. The van der Waals surface area contributed by atoms with E-state index in [4.69, 9.17) is 4.74 Å². The molecule has 6 atom stereocenters. The first-order valence-corrected chi connectivity index (χ1v) is 11.3. The van der Waals surface area contributed by atoms with Crippen LogP contribution in [0.4, 0.5) is 5.69 Å². The van der Waals surface area contributed by atoms with Crippen LogP contribution in [-0.2, 0) is 15.0 Å². The zero-order valence-corrected chi connectivity index (χ0v) is 18.1. The summed E-state index contributed by atoms with van der Waals surface area (Å²) in [5, 5.41) is 0. The monoisotopic (exact) mass is 413 g/mol. The molecule has 0 aromatic heterocycles. The number of hydrogen-bond donors (Lipinski definition) is 0. The van der Waals surface area contributed by atoms with Gasteiger partial charge in [-0.1, -0.05) is 45.1 Å². The van der Waals surface area contributed by atoms with E-state index in [9.17, 15) is 9.59 Å². The number of allylic oxidation sites excluding steroid dienone is 2. The Morgan fingerprint density at radius 1 is 0.774 bits per heavy atom. The van der Waals surface area contributed by atoms with Crippen LogP contribution in [0.15, 0.2) is 60.7 Å². The molecule has 158 valence electrons. The lowest BCUT2D eigenvalue weighted by Gasteiger charge is -2.37. The second-order valence-electron chi connectivity index (χ2n) is 10.5. The Morgan fingerprint density at radius 2 is 1.26 bits per heavy atom. The second kappa shape index (κ2) is 6.32. The standard InChI is InChI=1S/C27H27NO3/c1-27(2,3)15-4-8-17(9-5-15)31-18-10-6-16(7-11-18)28-25(29)23-19-12-13-20(22-14-21(19)22)24(23)26(28)30/h4-13,19-24H,14H2,1-3H3/t19-,20+,21-,22-,23+,24+/m1/s1. The molecule has 0 spiro atoms. The zero-order chi connectivity index (χ0) is 21.5. The van der Waals surface area contributed by atoms with E-state index in [0.29, 0.717) is 23.3 Å². The number of amides is 2. The fraction of sp³-hybridized carbons (Fsp3) is 0.407. The first-order chi connectivity index (χ1) is 14.8. The Morgan fingerprint density at radius 3 is 1.74 bits per heavy atom. The number of imide groups is 1. The molecule has 2 bridgehead atoms. The molecule has 1 aliphatic heterocycles. The SMILES string of the molecule is CC(C)(C)c1ccc(Oc2ccc(N3C(=O)[C@H]4[C@@H]5C=C[C@@H]([C@H]6C[C@H]56)[C@@H]4C3=O)cc2)cc1. The largest absolute Gasteiger partial charge is 0.457 e. The van der Waals surface area contributed by atoms with Gasteiger partial charge in [0.2, 0.25) is 11.8 Å². The summed E-state index contributed by atoms with van der Waals surface area (Å²) in [5.41, 5.74) is 2.00. The summed E-state index contributed by atoms with van der Waals surface area (Å²) in [6.45, 7) is 6.55. The molecule has 4 heteroatoms. The first kappa shape index (κ1) is 18.9. The van der Waals surface area contributed by atoms with Gasteiger partial charge in [-0.15, -0.1) is 0 Å². The number of benzene rings is 2. The van der Waals surface area contributed by atoms with Gasteiger partial charge in [0.05, 0.1) is 17.5 Å². The molecule has 5 aliphatic rings. The van der Waals surface area contributed by atoms with Gasteiger partial charge in [-0.2, -0.15) is 0 Å². The summed E-state index contributed by atoms with van der Waals surface area (Å²) < 4.78 is 5.98. The molecule has 1 heterocycles. The third-order valence-electron chi connectivity index (χ3n) is 7.71. The molecule has 1 saturated heterocycles. The summed E-state index contributed by atoms with van der Waals surface area (Å²) in [7, 11) is 0. The highest BCUT2D eigenvalue weighted by Crippen LogP contribution is 2.65. The second-order valence-corrected chi connectivity index (χ2v) is 10.5. The van der Waals surface area contributed by atoms with E-state index in [0.717, 1.165) is 5.75 Å². The van der Waals surface area contributed by atoms with E-state index in [1.54, 1.807) is 0 Å². The minimum absolute atomic E-state index is 0.0221. The van der Waals surface area contributed by atoms with Crippen LogP contribution < -0.4 is 9.64 Å². The molecular formula is C27H27NO3. The molecule has 7 rings (SSSR count). The topological polar surface area (TPSA) is 46.6 Å². The van der Waals surface area contributed by atoms with Gasteiger partial charge >= 0.3 is 0 Å². The summed E-state index contributed by atoms with van der Waals surface area (Å²) in [6, 6.07) is 15.4. The van der Waals surface area contributed by atoms with Crippen LogP contribution in [0.2, 0.25) is 0 Å². The molecule has 2 amide bonds. The van der Waals surface area contributed by atoms with Crippen molar-refractivity contribution in [3.63, 3.8) is 0 Å². The van der Waals surface area contributed by atoms with Crippen LogP contribution in [0, 0.1) is 35.5 Å². The molecule has 31 heavy (non-hydrogen) atoms. The Bertz CT molecular complexity index is 1060. The number of hydrogen-bond acceptors (Lipinski definition) is 3. The van der Waals surface area contributed by atoms with Crippen molar-refractivity contribution in [3.8, 4) is 11.5 Å². The molecule has 0 radical (unpaired) electrons. The van der Waals surface area contributed by atoms with Gasteiger partial charge in [0.1, 0.15) is 11.5 Å². The number of anilines is 1. The minimum atomic E-state index is -0.163. The van der Waals surface area contributed by atoms with Crippen molar-refractivity contribution in [2.24, 2.45) is 35.5 Å². The number of carbonyl (C=O) groups excluding carboxylic acids is 2. The van der Waals surface area contributed by atoms with E-state index in [2.05, 4.69) is 45.1 Å². The predicted octanol–water partition coefficient (Wildman–Crippen LogP) is 5.33. The number of nitrogens with zero attached hydrogens (tertiary/aromatic N) is 1. The smallest absolute Gasteiger partial charge is 0.238 e. The lowest BCUT2D eigenvalue weighted by atomic mass is 9.63. The van der Waals surface area contributed by atoms with Gasteiger partial charge in [-0.25, -0.2) is 0 Å². The molecule has 0 N–H and O–H groups in total. The van der Waals surface area contributed by atoms with Crippen molar-refractivity contribution in [3.05, 3.63) is 66.2 Å². The zero-order valence-electron chi connectivity index (χ0n) is 18.1. The van der Waals surface area contributed by atoms with Gasteiger partial charge in [0.15, 0.2) is 0 Å². The number of carbonyl (C=O) groups is 2. The van der Waals surface area contributed by atoms with Gasteiger partial charge in [0, 0.05) is 0 Å². The first-order valence-electron chi connectivity index (χ1n) is 11.3. The van der Waals surface area contributed by atoms with Gasteiger partial charge in [-0.3, -0.25) is 14.5 Å². The Hall–Kier alpha value is -2.88. The minimum Gasteiger partial charge on any atom is -0.457 e. The summed E-state index contributed by atoms with van der Waals surface area (Å²) in [5.74, 6) is 2.82. The normalized spacial score (nSPS) is 32.8. The highest BCUT2D eigenvalue weighted by molar-refractivity contribution is 6.22. The molecular weight excluding hydrogens is 386 g/mol. The predicted molar refractivity (Wildman–Crippen MR) is 119 cm³/mol. The molecule has 3 fully saturated rings. The molecule has 2 aromatic rings. The van der Waals surface area contributed by atoms with Crippen molar-refractivity contribution in [1.29, 1.82) is 0 Å². The highest BCUT2D eigenvalue weighted by atomic mass is 16.5. The van der Waals surface area contributed by atoms with Crippen molar-refractivity contribution >= 4 is 17.5 Å². The lowest BCUT2D eigenvalue weighted by molar-refractivity contribution is -0.124. The van der Waals surface area contributed by atoms with Crippen LogP contribution in [0.5, 0.6) is 11.5 Å². The average molecular weight is 414 g/mol. The van der Waals surface area contributed by atoms with Crippen LogP contribution in [-0.4, -0.2) is 11.8 Å². The van der Waals surface area contributed by atoms with Crippen molar-refractivity contribution < 1.29 is 14.3 Å². The maximum absolute atomic E-state index is 13.2. The Balaban J connectivity index is 1.21. The van der Waals surface area contributed by atoms with E-state index in [1.807, 2.05) is 36.4 Å². The van der Waals surface area contributed by atoms with Crippen LogP contribution in [0.3, 0.4) is 0 Å². The van der Waals surface area contributed by atoms with Gasteiger partial charge in [0.25, 0.3) is 0 Å². The van der Waals surface area contributed by atoms with Crippen LogP contribution >= 0.6 is 0 Å². The van der Waals surface area contributed by atoms with Crippen molar-refractivity contribution in [2.45, 2.75) is 32.6 Å². The summed E-state index contributed by atoms with van der Waals surface area (Å²) in [4.78, 5) is 27.9. The molecule has 4 aliphatic carbocycles. The molecule has 2 saturated carbocycles. The van der Waals surface area contributed by atoms with Crippen LogP contribution in [0.1, 0.15) is 32.8 Å². The fourth-order valence-corrected chi connectivity index (χ4v) is 6.03. The third kappa shape index (κ3) is 2.80. The highest BCUT2D eigenvalue weighted by Gasteiger charge is 2.67. The maximum Gasteiger partial charge on any atom is 0.238 e. The quantitative estimate of drug-likeness (QED) is 0.504. The van der Waals surface area contributed by atoms with Crippen molar-refractivity contribution in [2.75, 3.05) is 4.90 Å². The van der Waals surface area contributed by atoms with E-state index >= 15 is 0 Å². The maximum atomic E-state index is 13.2. The van der Waals surface area contributed by atoms with Crippen LogP contribution in [0.25, 0.3) is 0 Å². The third-order valence-corrected chi connectivity index (χ3v) is 7.71. The van der Waals surface area contributed by atoms with Crippen molar-refractivity contribution in [1.82, 2.24) is 0 Å². The Labute approximate surface area is 182 Å². The Kier molecular flexibility index (Phi) is 3.84. The average Bonchev–Trinajstić information content (AvgIpc) is 3.52. The van der Waals surface area contributed by atoms with E-state index in [1.165, 1.54) is 16.9 Å². The van der Waals surface area contributed by atoms with E-state index < -0.39 is 0 Å².